The van der Waals surface area contributed by atoms with E-state index in [-0.39, 0.29) is 12.2 Å². The van der Waals surface area contributed by atoms with Crippen LogP contribution in [0.4, 0.5) is 0 Å². The lowest BCUT2D eigenvalue weighted by molar-refractivity contribution is -0.0838. The second kappa shape index (κ2) is 7.01. The number of imidazole rings is 1. The van der Waals surface area contributed by atoms with Crippen LogP contribution < -0.4 is 0 Å². The Kier molecular flexibility index (Phi) is 4.57. The van der Waals surface area contributed by atoms with Crippen LogP contribution in [-0.2, 0) is 11.3 Å². The number of benzene rings is 1. The van der Waals surface area contributed by atoms with Gasteiger partial charge in [-0.2, -0.15) is 4.98 Å². The molecule has 1 aromatic carbocycles. The molecule has 0 spiro atoms. The van der Waals surface area contributed by atoms with Gasteiger partial charge in [-0.05, 0) is 32.5 Å². The molecule has 0 N–H and O–H groups in total. The SMILES string of the molecule is Cc1nccn1Cc1cccc(-c2noc([C@H]3CN(C)C[C@@H](C)O3)n2)c1. The van der Waals surface area contributed by atoms with Crippen molar-refractivity contribution >= 4 is 0 Å². The molecule has 1 aliphatic rings. The highest BCUT2D eigenvalue weighted by molar-refractivity contribution is 5.55. The number of likely N-dealkylation sites (N-methyl/N-ethyl adjacent to an activating group) is 1. The van der Waals surface area contributed by atoms with E-state index in [1.54, 1.807) is 0 Å². The summed E-state index contributed by atoms with van der Waals surface area (Å²) in [5.74, 6) is 2.12. The number of aryl methyl sites for hydroxylation is 1. The Hall–Kier alpha value is -2.51. The van der Waals surface area contributed by atoms with Gasteiger partial charge < -0.3 is 18.7 Å². The van der Waals surface area contributed by atoms with E-state index < -0.39 is 0 Å². The highest BCUT2D eigenvalue weighted by Gasteiger charge is 2.28. The maximum absolute atomic E-state index is 5.95. The van der Waals surface area contributed by atoms with Gasteiger partial charge >= 0.3 is 0 Å². The van der Waals surface area contributed by atoms with Crippen molar-refractivity contribution in [3.05, 3.63) is 53.9 Å². The standard InChI is InChI=1S/C19H23N5O2/c1-13-10-23(3)12-17(25-13)19-21-18(22-26-19)16-6-4-5-15(9-16)11-24-8-7-20-14(24)2/h4-9,13,17H,10-12H2,1-3H3/t13-,17-/m1/s1. The number of rotatable bonds is 4. The highest BCUT2D eigenvalue weighted by Crippen LogP contribution is 2.26. The van der Waals surface area contributed by atoms with E-state index in [9.17, 15) is 0 Å². The van der Waals surface area contributed by atoms with Gasteiger partial charge in [0.1, 0.15) is 11.9 Å². The first-order valence-corrected chi connectivity index (χ1v) is 8.83. The predicted octanol–water partition coefficient (Wildman–Crippen LogP) is 2.68. The van der Waals surface area contributed by atoms with Gasteiger partial charge in [-0.1, -0.05) is 23.4 Å². The van der Waals surface area contributed by atoms with E-state index in [1.807, 2.05) is 31.5 Å². The Morgan fingerprint density at radius 1 is 1.27 bits per heavy atom. The molecular formula is C19H23N5O2. The molecule has 26 heavy (non-hydrogen) atoms. The van der Waals surface area contributed by atoms with Gasteiger partial charge in [-0.15, -0.1) is 0 Å². The Labute approximate surface area is 152 Å². The number of morpholine rings is 1. The van der Waals surface area contributed by atoms with Crippen molar-refractivity contribution in [3.8, 4) is 11.4 Å². The average molecular weight is 353 g/mol. The van der Waals surface area contributed by atoms with E-state index in [1.165, 1.54) is 0 Å². The fraction of sp³-hybridized carbons (Fsp3) is 0.421. The summed E-state index contributed by atoms with van der Waals surface area (Å²) in [5, 5.41) is 4.16. The minimum Gasteiger partial charge on any atom is -0.363 e. The maximum Gasteiger partial charge on any atom is 0.257 e. The summed E-state index contributed by atoms with van der Waals surface area (Å²) < 4.78 is 13.5. The second-order valence-corrected chi connectivity index (χ2v) is 6.92. The largest absolute Gasteiger partial charge is 0.363 e. The molecular weight excluding hydrogens is 330 g/mol. The summed E-state index contributed by atoms with van der Waals surface area (Å²) >= 11 is 0. The van der Waals surface area contributed by atoms with Crippen LogP contribution >= 0.6 is 0 Å². The lowest BCUT2D eigenvalue weighted by atomic mass is 10.1. The quantitative estimate of drug-likeness (QED) is 0.718. The summed E-state index contributed by atoms with van der Waals surface area (Å²) in [7, 11) is 2.07. The molecule has 1 aliphatic heterocycles. The van der Waals surface area contributed by atoms with Crippen molar-refractivity contribution in [1.29, 1.82) is 0 Å². The first kappa shape index (κ1) is 16.9. The molecule has 0 amide bonds. The molecule has 0 bridgehead atoms. The first-order chi connectivity index (χ1) is 12.6. The molecule has 1 saturated heterocycles. The number of ether oxygens (including phenoxy) is 1. The maximum atomic E-state index is 5.95. The van der Waals surface area contributed by atoms with Gasteiger partial charge in [0.25, 0.3) is 5.89 Å². The number of nitrogens with zero attached hydrogens (tertiary/aromatic N) is 5. The lowest BCUT2D eigenvalue weighted by Crippen LogP contribution is -2.40. The molecule has 4 rings (SSSR count). The van der Waals surface area contributed by atoms with Crippen LogP contribution in [0.3, 0.4) is 0 Å². The zero-order valence-electron chi connectivity index (χ0n) is 15.3. The van der Waals surface area contributed by atoms with Gasteiger partial charge in [0, 0.05) is 37.6 Å². The van der Waals surface area contributed by atoms with Crippen LogP contribution in [0.1, 0.15) is 30.3 Å². The third-order valence-electron chi connectivity index (χ3n) is 4.62. The monoisotopic (exact) mass is 353 g/mol. The molecule has 136 valence electrons. The van der Waals surface area contributed by atoms with E-state index in [4.69, 9.17) is 9.26 Å². The topological polar surface area (TPSA) is 69.2 Å². The molecule has 7 nitrogen and oxygen atoms in total. The van der Waals surface area contributed by atoms with Gasteiger partial charge in [-0.25, -0.2) is 4.98 Å². The lowest BCUT2D eigenvalue weighted by Gasteiger charge is -2.32. The van der Waals surface area contributed by atoms with Crippen molar-refractivity contribution in [3.63, 3.8) is 0 Å². The van der Waals surface area contributed by atoms with Crippen molar-refractivity contribution in [2.75, 3.05) is 20.1 Å². The van der Waals surface area contributed by atoms with Crippen molar-refractivity contribution < 1.29 is 9.26 Å². The molecule has 1 fully saturated rings. The third kappa shape index (κ3) is 3.54. The van der Waals surface area contributed by atoms with Gasteiger partial charge in [0.15, 0.2) is 0 Å². The van der Waals surface area contributed by atoms with E-state index in [0.717, 1.165) is 36.6 Å². The molecule has 7 heteroatoms. The predicted molar refractivity (Wildman–Crippen MR) is 96.6 cm³/mol. The second-order valence-electron chi connectivity index (χ2n) is 6.92. The Bertz CT molecular complexity index is 877. The fourth-order valence-electron chi connectivity index (χ4n) is 3.36. The zero-order valence-corrected chi connectivity index (χ0v) is 15.3. The number of hydrogen-bond donors (Lipinski definition) is 0. The van der Waals surface area contributed by atoms with E-state index in [2.05, 4.69) is 50.7 Å². The normalized spacial score (nSPS) is 21.2. The van der Waals surface area contributed by atoms with Crippen molar-refractivity contribution in [2.45, 2.75) is 32.6 Å². The Morgan fingerprint density at radius 3 is 2.92 bits per heavy atom. The summed E-state index contributed by atoms with van der Waals surface area (Å²) in [6.07, 6.45) is 3.76. The molecule has 0 radical (unpaired) electrons. The van der Waals surface area contributed by atoms with Crippen molar-refractivity contribution in [1.82, 2.24) is 24.6 Å². The van der Waals surface area contributed by atoms with Gasteiger partial charge in [0.2, 0.25) is 5.82 Å². The molecule has 3 heterocycles. The first-order valence-electron chi connectivity index (χ1n) is 8.83. The number of aromatic nitrogens is 4. The fourth-order valence-corrected chi connectivity index (χ4v) is 3.36. The van der Waals surface area contributed by atoms with Crippen LogP contribution in [0, 0.1) is 6.92 Å². The van der Waals surface area contributed by atoms with E-state index >= 15 is 0 Å². The van der Waals surface area contributed by atoms with Crippen LogP contribution in [-0.4, -0.2) is 50.8 Å². The van der Waals surface area contributed by atoms with Crippen LogP contribution in [0.2, 0.25) is 0 Å². The minimum absolute atomic E-state index is 0.149. The molecule has 2 aromatic heterocycles. The van der Waals surface area contributed by atoms with Crippen LogP contribution in [0.5, 0.6) is 0 Å². The van der Waals surface area contributed by atoms with Gasteiger partial charge in [-0.3, -0.25) is 0 Å². The van der Waals surface area contributed by atoms with Crippen LogP contribution in [0.25, 0.3) is 11.4 Å². The van der Waals surface area contributed by atoms with Crippen molar-refractivity contribution in [2.24, 2.45) is 0 Å². The summed E-state index contributed by atoms with van der Waals surface area (Å²) in [6, 6.07) is 8.19. The van der Waals surface area contributed by atoms with Crippen LogP contribution in [0.15, 0.2) is 41.2 Å². The molecule has 0 unspecified atom stereocenters. The molecule has 0 aliphatic carbocycles. The smallest absolute Gasteiger partial charge is 0.257 e. The third-order valence-corrected chi connectivity index (χ3v) is 4.62. The summed E-state index contributed by atoms with van der Waals surface area (Å²) in [6.45, 7) is 6.48. The molecule has 2 atom stereocenters. The zero-order chi connectivity index (χ0) is 18.1. The van der Waals surface area contributed by atoms with Gasteiger partial charge in [0.05, 0.1) is 6.10 Å². The molecule has 0 saturated carbocycles. The summed E-state index contributed by atoms with van der Waals surface area (Å²) in [4.78, 5) is 11.1. The Balaban J connectivity index is 1.54. The molecule has 3 aromatic rings. The Morgan fingerprint density at radius 2 is 2.15 bits per heavy atom. The summed E-state index contributed by atoms with van der Waals surface area (Å²) in [5.41, 5.74) is 2.10. The highest BCUT2D eigenvalue weighted by atomic mass is 16.5. The average Bonchev–Trinajstić information content (AvgIpc) is 3.24. The number of hydrogen-bond acceptors (Lipinski definition) is 6. The minimum atomic E-state index is -0.179. The van der Waals surface area contributed by atoms with E-state index in [0.29, 0.717) is 11.7 Å².